The molecule has 1 rings (SSSR count). The van der Waals surface area contributed by atoms with Gasteiger partial charge in [0.15, 0.2) is 0 Å². The van der Waals surface area contributed by atoms with E-state index >= 15 is 0 Å². The van der Waals surface area contributed by atoms with E-state index < -0.39 is 0 Å². The number of hydrogen-bond acceptors (Lipinski definition) is 2. The van der Waals surface area contributed by atoms with Crippen LogP contribution in [0, 0.1) is 16.7 Å². The molecule has 1 heterocycles. The molecule has 0 unspecified atom stereocenters. The first kappa shape index (κ1) is 10.4. The molecule has 64 valence electrons. The van der Waals surface area contributed by atoms with E-state index in [1.165, 1.54) is 0 Å². The SMILES string of the molecule is CC.CN1CC(C)(CC#N)C1. The molecule has 0 spiro atoms. The van der Waals surface area contributed by atoms with E-state index in [4.69, 9.17) is 5.26 Å². The van der Waals surface area contributed by atoms with Crippen molar-refractivity contribution in [3.63, 3.8) is 0 Å². The zero-order valence-corrected chi connectivity index (χ0v) is 8.02. The lowest BCUT2D eigenvalue weighted by molar-refractivity contribution is 0.0438. The van der Waals surface area contributed by atoms with Gasteiger partial charge >= 0.3 is 0 Å². The van der Waals surface area contributed by atoms with Gasteiger partial charge in [-0.2, -0.15) is 5.26 Å². The van der Waals surface area contributed by atoms with Crippen LogP contribution in [0.4, 0.5) is 0 Å². The van der Waals surface area contributed by atoms with Crippen LogP contribution in [-0.2, 0) is 0 Å². The topological polar surface area (TPSA) is 27.0 Å². The summed E-state index contributed by atoms with van der Waals surface area (Å²) in [6.45, 7) is 8.33. The minimum absolute atomic E-state index is 0.309. The van der Waals surface area contributed by atoms with Crippen LogP contribution >= 0.6 is 0 Å². The molecule has 0 aromatic carbocycles. The van der Waals surface area contributed by atoms with Gasteiger partial charge in [0, 0.05) is 24.9 Å². The fraction of sp³-hybridized carbons (Fsp3) is 0.889. The molecule has 1 aliphatic rings. The number of hydrogen-bond donors (Lipinski definition) is 0. The van der Waals surface area contributed by atoms with Crippen LogP contribution in [0.3, 0.4) is 0 Å². The van der Waals surface area contributed by atoms with Crippen molar-refractivity contribution in [1.29, 1.82) is 5.26 Å². The lowest BCUT2D eigenvalue weighted by Gasteiger charge is -2.44. The molecule has 0 saturated carbocycles. The highest BCUT2D eigenvalue weighted by Crippen LogP contribution is 2.30. The van der Waals surface area contributed by atoms with Gasteiger partial charge < -0.3 is 4.90 Å². The third-order valence-corrected chi connectivity index (χ3v) is 1.81. The molecule has 0 aromatic rings. The lowest BCUT2D eigenvalue weighted by Crippen LogP contribution is -2.51. The van der Waals surface area contributed by atoms with Crippen molar-refractivity contribution < 1.29 is 0 Å². The first-order valence-electron chi connectivity index (χ1n) is 4.22. The van der Waals surface area contributed by atoms with Gasteiger partial charge in [-0.15, -0.1) is 0 Å². The molecule has 11 heavy (non-hydrogen) atoms. The van der Waals surface area contributed by atoms with Crippen molar-refractivity contribution in [1.82, 2.24) is 4.90 Å². The Morgan fingerprint density at radius 2 is 1.91 bits per heavy atom. The van der Waals surface area contributed by atoms with E-state index in [9.17, 15) is 0 Å². The molecule has 0 radical (unpaired) electrons. The van der Waals surface area contributed by atoms with Gasteiger partial charge in [-0.3, -0.25) is 0 Å². The van der Waals surface area contributed by atoms with Crippen LogP contribution in [0.5, 0.6) is 0 Å². The quantitative estimate of drug-likeness (QED) is 0.576. The third-order valence-electron chi connectivity index (χ3n) is 1.81. The van der Waals surface area contributed by atoms with E-state index in [2.05, 4.69) is 24.9 Å². The Morgan fingerprint density at radius 1 is 1.45 bits per heavy atom. The highest BCUT2D eigenvalue weighted by molar-refractivity contribution is 4.95. The maximum Gasteiger partial charge on any atom is 0.0628 e. The standard InChI is InChI=1S/C7H12N2.C2H6/c1-7(3-4-8)5-9(2)6-7;1-2/h3,5-6H2,1-2H3;1-2H3. The first-order chi connectivity index (χ1) is 5.16. The fourth-order valence-corrected chi connectivity index (χ4v) is 1.56. The largest absolute Gasteiger partial charge is 0.305 e. The summed E-state index contributed by atoms with van der Waals surface area (Å²) in [5.74, 6) is 0. The molecule has 1 aliphatic heterocycles. The first-order valence-corrected chi connectivity index (χ1v) is 4.22. The number of nitrogens with zero attached hydrogens (tertiary/aromatic N) is 2. The van der Waals surface area contributed by atoms with Gasteiger partial charge in [-0.1, -0.05) is 20.8 Å². The monoisotopic (exact) mass is 154 g/mol. The van der Waals surface area contributed by atoms with Crippen molar-refractivity contribution >= 4 is 0 Å². The predicted octanol–water partition coefficient (Wildman–Crippen LogP) is 1.88. The highest BCUT2D eigenvalue weighted by Gasteiger charge is 2.35. The van der Waals surface area contributed by atoms with Crippen LogP contribution in [-0.4, -0.2) is 25.0 Å². The summed E-state index contributed by atoms with van der Waals surface area (Å²) in [4.78, 5) is 2.23. The molecule has 1 saturated heterocycles. The lowest BCUT2D eigenvalue weighted by atomic mass is 9.80. The molecule has 1 fully saturated rings. The van der Waals surface area contributed by atoms with Crippen LogP contribution in [0.2, 0.25) is 0 Å². The number of likely N-dealkylation sites (tertiary alicyclic amines) is 1. The Hall–Kier alpha value is -0.550. The van der Waals surface area contributed by atoms with Crippen molar-refractivity contribution in [3.05, 3.63) is 0 Å². The number of nitriles is 1. The Balaban J connectivity index is 0.000000461. The third kappa shape index (κ3) is 2.90. The minimum Gasteiger partial charge on any atom is -0.305 e. The van der Waals surface area contributed by atoms with E-state index in [1.807, 2.05) is 13.8 Å². The smallest absolute Gasteiger partial charge is 0.0628 e. The summed E-state index contributed by atoms with van der Waals surface area (Å²) >= 11 is 0. The Bertz CT molecular complexity index is 140. The van der Waals surface area contributed by atoms with Gasteiger partial charge in [-0.05, 0) is 7.05 Å². The van der Waals surface area contributed by atoms with E-state index in [1.54, 1.807) is 0 Å². The molecule has 2 heteroatoms. The Morgan fingerprint density at radius 3 is 2.18 bits per heavy atom. The van der Waals surface area contributed by atoms with E-state index in [-0.39, 0.29) is 0 Å². The molecule has 0 aromatic heterocycles. The van der Waals surface area contributed by atoms with E-state index in [0.717, 1.165) is 13.1 Å². The van der Waals surface area contributed by atoms with Gasteiger partial charge in [0.1, 0.15) is 0 Å². The van der Waals surface area contributed by atoms with Crippen LogP contribution in [0.25, 0.3) is 0 Å². The Labute approximate surface area is 69.8 Å². The number of rotatable bonds is 1. The van der Waals surface area contributed by atoms with Gasteiger partial charge in [0.25, 0.3) is 0 Å². The Kier molecular flexibility index (Phi) is 4.14. The average Bonchev–Trinajstić information content (AvgIpc) is 1.90. The van der Waals surface area contributed by atoms with Gasteiger partial charge in [0.05, 0.1) is 6.07 Å². The van der Waals surface area contributed by atoms with Crippen molar-refractivity contribution in [3.8, 4) is 6.07 Å². The normalized spacial score (nSPS) is 20.6. The van der Waals surface area contributed by atoms with Crippen LogP contribution in [0.1, 0.15) is 27.2 Å². The molecule has 0 bridgehead atoms. The average molecular weight is 154 g/mol. The zero-order valence-electron chi connectivity index (χ0n) is 8.02. The molecular formula is C9H18N2. The second kappa shape index (κ2) is 4.35. The minimum atomic E-state index is 0.309. The molecule has 2 nitrogen and oxygen atoms in total. The van der Waals surface area contributed by atoms with Crippen LogP contribution in [0.15, 0.2) is 0 Å². The highest BCUT2D eigenvalue weighted by atomic mass is 15.2. The maximum atomic E-state index is 8.38. The summed E-state index contributed by atoms with van der Waals surface area (Å²) in [6.07, 6.45) is 0.706. The molecular weight excluding hydrogens is 136 g/mol. The summed E-state index contributed by atoms with van der Waals surface area (Å²) in [7, 11) is 2.08. The summed E-state index contributed by atoms with van der Waals surface area (Å²) in [5.41, 5.74) is 0.309. The van der Waals surface area contributed by atoms with E-state index in [0.29, 0.717) is 11.8 Å². The van der Waals surface area contributed by atoms with Crippen molar-refractivity contribution in [2.45, 2.75) is 27.2 Å². The van der Waals surface area contributed by atoms with Crippen molar-refractivity contribution in [2.24, 2.45) is 5.41 Å². The zero-order chi connectivity index (χ0) is 8.91. The van der Waals surface area contributed by atoms with Crippen LogP contribution < -0.4 is 0 Å². The predicted molar refractivity (Wildman–Crippen MR) is 47.2 cm³/mol. The maximum absolute atomic E-state index is 8.38. The second-order valence-electron chi connectivity index (χ2n) is 3.32. The summed E-state index contributed by atoms with van der Waals surface area (Å²) in [6, 6.07) is 2.20. The molecule has 0 N–H and O–H groups in total. The second-order valence-corrected chi connectivity index (χ2v) is 3.32. The fourth-order valence-electron chi connectivity index (χ4n) is 1.56. The summed E-state index contributed by atoms with van der Waals surface area (Å²) in [5, 5.41) is 8.38. The van der Waals surface area contributed by atoms with Crippen molar-refractivity contribution in [2.75, 3.05) is 20.1 Å². The molecule has 0 atom stereocenters. The van der Waals surface area contributed by atoms with Gasteiger partial charge in [0.2, 0.25) is 0 Å². The summed E-state index contributed by atoms with van der Waals surface area (Å²) < 4.78 is 0. The van der Waals surface area contributed by atoms with Gasteiger partial charge in [-0.25, -0.2) is 0 Å². The molecule has 0 aliphatic carbocycles. The molecule has 0 amide bonds.